The first-order chi connectivity index (χ1) is 24.3. The van der Waals surface area contributed by atoms with Gasteiger partial charge in [-0.05, 0) is 118 Å². The van der Waals surface area contributed by atoms with Crippen LogP contribution >= 0.6 is 11.6 Å². The zero-order chi connectivity index (χ0) is 34.5. The van der Waals surface area contributed by atoms with E-state index in [-0.39, 0.29) is 17.7 Å². The maximum absolute atomic E-state index is 12.9. The third-order valence-corrected chi connectivity index (χ3v) is 10.7. The number of ketones is 1. The molecule has 260 valence electrons. The molecule has 0 spiro atoms. The largest absolute Gasteiger partial charge is 0.472 e. The second-order valence-electron chi connectivity index (χ2n) is 13.7. The van der Waals surface area contributed by atoms with Crippen LogP contribution < -0.4 is 4.74 Å². The summed E-state index contributed by atoms with van der Waals surface area (Å²) in [5.41, 5.74) is 3.75. The van der Waals surface area contributed by atoms with E-state index in [9.17, 15) is 14.3 Å². The molecule has 9 rings (SSSR count). The van der Waals surface area contributed by atoms with Crippen molar-refractivity contribution in [2.45, 2.75) is 50.2 Å². The predicted molar refractivity (Wildman–Crippen MR) is 194 cm³/mol. The monoisotopic (exact) mass is 695 g/mol. The summed E-state index contributed by atoms with van der Waals surface area (Å²) in [7, 11) is 0. The van der Waals surface area contributed by atoms with Crippen molar-refractivity contribution >= 4 is 28.3 Å². The maximum atomic E-state index is 12.9. The molecular weight excluding hydrogens is 653 g/mol. The van der Waals surface area contributed by atoms with Gasteiger partial charge in [0.1, 0.15) is 11.9 Å². The molecule has 2 aromatic heterocycles. The van der Waals surface area contributed by atoms with Gasteiger partial charge in [-0.3, -0.25) is 9.69 Å². The normalized spacial score (nSPS) is 21.4. The van der Waals surface area contributed by atoms with Crippen molar-refractivity contribution in [3.8, 4) is 17.1 Å². The van der Waals surface area contributed by atoms with E-state index in [1.165, 1.54) is 55.6 Å². The summed E-state index contributed by atoms with van der Waals surface area (Å²) in [6.45, 7) is 5.88. The molecule has 0 amide bonds. The van der Waals surface area contributed by atoms with E-state index in [0.717, 1.165) is 54.9 Å². The SMILES string of the molecule is O=C(CCCN1CCC(O)(c2ccc(Cl)cc2)CC1)c1ccc(F)cc1.c1cc2cc(-c3cnc(O[C@H]4CN5CCC4CC5)cn3)ccc2[nH]1. The number of Topliss-reactive ketones (excluding diaryl/α,β-unsaturated/α-hetero) is 1. The fourth-order valence-corrected chi connectivity index (χ4v) is 7.50. The Balaban J connectivity index is 0.000000157. The Morgan fingerprint density at radius 1 is 0.960 bits per heavy atom. The van der Waals surface area contributed by atoms with Crippen molar-refractivity contribution < 1.29 is 19.0 Å². The highest BCUT2D eigenvalue weighted by atomic mass is 35.5. The van der Waals surface area contributed by atoms with Crippen molar-refractivity contribution in [3.05, 3.63) is 113 Å². The number of H-pyrrole nitrogens is 1. The number of benzene rings is 3. The summed E-state index contributed by atoms with van der Waals surface area (Å²) in [5, 5.41) is 12.7. The van der Waals surface area contributed by atoms with Gasteiger partial charge < -0.3 is 19.7 Å². The van der Waals surface area contributed by atoms with Gasteiger partial charge >= 0.3 is 0 Å². The number of aromatic amines is 1. The summed E-state index contributed by atoms with van der Waals surface area (Å²) >= 11 is 5.92. The van der Waals surface area contributed by atoms with E-state index in [2.05, 4.69) is 49.0 Å². The molecule has 0 radical (unpaired) electrons. The molecule has 4 aliphatic rings. The van der Waals surface area contributed by atoms with Crippen LogP contribution in [0.3, 0.4) is 0 Å². The lowest BCUT2D eigenvalue weighted by Gasteiger charge is -2.44. The smallest absolute Gasteiger partial charge is 0.232 e. The Kier molecular flexibility index (Phi) is 10.6. The molecule has 4 aliphatic heterocycles. The third-order valence-electron chi connectivity index (χ3n) is 10.5. The van der Waals surface area contributed by atoms with Gasteiger partial charge in [0.2, 0.25) is 5.88 Å². The van der Waals surface area contributed by atoms with Crippen LogP contribution in [0.4, 0.5) is 4.39 Å². The topological polar surface area (TPSA) is 94.6 Å². The minimum atomic E-state index is -0.801. The Labute approximate surface area is 297 Å². The first kappa shape index (κ1) is 34.3. The number of hydrogen-bond donors (Lipinski definition) is 2. The van der Waals surface area contributed by atoms with Crippen molar-refractivity contribution in [3.63, 3.8) is 0 Å². The second kappa shape index (κ2) is 15.4. The van der Waals surface area contributed by atoms with Gasteiger partial charge in [-0.2, -0.15) is 0 Å². The lowest BCUT2D eigenvalue weighted by Crippen LogP contribution is -2.52. The maximum Gasteiger partial charge on any atom is 0.232 e. The van der Waals surface area contributed by atoms with Crippen molar-refractivity contribution in [2.75, 3.05) is 39.3 Å². The number of aliphatic hydroxyl groups is 1. The molecule has 5 aromatic rings. The van der Waals surface area contributed by atoms with Crippen LogP contribution in [0.5, 0.6) is 5.88 Å². The predicted octanol–water partition coefficient (Wildman–Crippen LogP) is 7.52. The number of carbonyl (C=O) groups excluding carboxylic acids is 1. The van der Waals surface area contributed by atoms with E-state index >= 15 is 0 Å². The Hall–Kier alpha value is -4.15. The molecule has 2 bridgehead atoms. The molecule has 0 aliphatic carbocycles. The molecule has 3 aromatic carbocycles. The molecule has 4 saturated heterocycles. The van der Waals surface area contributed by atoms with Crippen LogP contribution in [-0.2, 0) is 5.60 Å². The number of ether oxygens (including phenoxy) is 1. The minimum Gasteiger partial charge on any atom is -0.472 e. The fraction of sp³-hybridized carbons (Fsp3) is 0.375. The number of nitrogens with one attached hydrogen (secondary N) is 1. The van der Waals surface area contributed by atoms with Crippen LogP contribution in [0.1, 0.15) is 54.4 Å². The van der Waals surface area contributed by atoms with Gasteiger partial charge in [0.05, 0.1) is 23.7 Å². The minimum absolute atomic E-state index is 0.0414. The molecular formula is C40H43ClFN5O3. The number of rotatable bonds is 9. The molecule has 0 unspecified atom stereocenters. The van der Waals surface area contributed by atoms with E-state index in [4.69, 9.17) is 16.3 Å². The second-order valence-corrected chi connectivity index (χ2v) is 14.2. The van der Waals surface area contributed by atoms with Gasteiger partial charge in [-0.15, -0.1) is 0 Å². The number of carbonyl (C=O) groups is 1. The average Bonchev–Trinajstić information content (AvgIpc) is 3.62. The summed E-state index contributed by atoms with van der Waals surface area (Å²) in [5.74, 6) is 1.02. The van der Waals surface area contributed by atoms with Crippen LogP contribution in [0.2, 0.25) is 5.02 Å². The third kappa shape index (κ3) is 8.24. The standard InChI is InChI=1S/C21H23ClFNO2.C19H20N4O/c22-18-7-5-17(6-8-18)21(26)11-14-24(15-12-21)13-1-2-20(25)16-3-9-19(23)10-4-16;1-2-16-15(3-6-20-16)9-14(1)17-10-22-19(11-21-17)24-18-12-23-7-4-13(18)5-8-23/h3-10,26H,1-2,11-15H2;1-3,6,9-11,13,18,20H,4-5,7-8,12H2/t;18-/m.0/s1. The van der Waals surface area contributed by atoms with E-state index in [1.807, 2.05) is 36.7 Å². The first-order valence-electron chi connectivity index (χ1n) is 17.6. The Bertz CT molecular complexity index is 1870. The van der Waals surface area contributed by atoms with Crippen molar-refractivity contribution in [1.82, 2.24) is 24.8 Å². The summed E-state index contributed by atoms with van der Waals surface area (Å²) in [6.07, 6.45) is 10.8. The molecule has 0 saturated carbocycles. The molecule has 6 heterocycles. The van der Waals surface area contributed by atoms with Gasteiger partial charge in [-0.1, -0.05) is 29.8 Å². The van der Waals surface area contributed by atoms with Gasteiger partial charge in [0, 0.05) is 59.3 Å². The van der Waals surface area contributed by atoms with Crippen molar-refractivity contribution in [1.29, 1.82) is 0 Å². The number of hydrogen-bond acceptors (Lipinski definition) is 7. The number of halogens is 2. The fourth-order valence-electron chi connectivity index (χ4n) is 7.38. The lowest BCUT2D eigenvalue weighted by atomic mass is 9.84. The van der Waals surface area contributed by atoms with Gasteiger partial charge in [-0.25, -0.2) is 14.4 Å². The highest BCUT2D eigenvalue weighted by Crippen LogP contribution is 2.34. The van der Waals surface area contributed by atoms with E-state index in [1.54, 1.807) is 6.20 Å². The summed E-state index contributed by atoms with van der Waals surface area (Å²) in [6, 6.07) is 21.4. The number of fused-ring (bicyclic) bond motifs is 4. The Morgan fingerprint density at radius 2 is 1.72 bits per heavy atom. The molecule has 10 heteroatoms. The molecule has 8 nitrogen and oxygen atoms in total. The molecule has 1 atom stereocenters. The van der Waals surface area contributed by atoms with Gasteiger partial charge in [0.25, 0.3) is 0 Å². The quantitative estimate of drug-likeness (QED) is 0.154. The lowest BCUT2D eigenvalue weighted by molar-refractivity contribution is -0.0260. The molecule has 4 fully saturated rings. The molecule has 2 N–H and O–H groups in total. The van der Waals surface area contributed by atoms with E-state index in [0.29, 0.717) is 41.6 Å². The van der Waals surface area contributed by atoms with Crippen LogP contribution in [0.25, 0.3) is 22.2 Å². The molecule has 50 heavy (non-hydrogen) atoms. The summed E-state index contributed by atoms with van der Waals surface area (Å²) in [4.78, 5) is 29.1. The van der Waals surface area contributed by atoms with Crippen LogP contribution in [0, 0.1) is 11.7 Å². The number of nitrogens with zero attached hydrogens (tertiary/aromatic N) is 4. The average molecular weight is 696 g/mol. The van der Waals surface area contributed by atoms with E-state index < -0.39 is 5.60 Å². The van der Waals surface area contributed by atoms with Crippen molar-refractivity contribution in [2.24, 2.45) is 5.92 Å². The highest BCUT2D eigenvalue weighted by molar-refractivity contribution is 6.30. The van der Waals surface area contributed by atoms with Crippen LogP contribution in [-0.4, -0.2) is 81.0 Å². The van der Waals surface area contributed by atoms with Crippen LogP contribution in [0.15, 0.2) is 91.4 Å². The Morgan fingerprint density at radius 3 is 2.40 bits per heavy atom. The number of piperidine rings is 4. The first-order valence-corrected chi connectivity index (χ1v) is 18.0. The number of aromatic nitrogens is 3. The highest BCUT2D eigenvalue weighted by Gasteiger charge is 2.36. The zero-order valence-electron chi connectivity index (χ0n) is 28.1. The zero-order valence-corrected chi connectivity index (χ0v) is 28.9. The summed E-state index contributed by atoms with van der Waals surface area (Å²) < 4.78 is 19.0. The van der Waals surface area contributed by atoms with Gasteiger partial charge in [0.15, 0.2) is 5.78 Å². The number of likely N-dealkylation sites (tertiary alicyclic amines) is 1.